The van der Waals surface area contributed by atoms with E-state index in [1.807, 2.05) is 37.4 Å². The second kappa shape index (κ2) is 9.16. The monoisotopic (exact) mass is 364 g/mol. The van der Waals surface area contributed by atoms with Crippen LogP contribution in [0.3, 0.4) is 0 Å². The molecule has 0 aliphatic heterocycles. The molecule has 0 aliphatic rings. The molecule has 0 unspecified atom stereocenters. The molecule has 1 heterocycles. The van der Waals surface area contributed by atoms with Crippen LogP contribution in [0.1, 0.15) is 17.8 Å². The van der Waals surface area contributed by atoms with E-state index >= 15 is 0 Å². The summed E-state index contributed by atoms with van der Waals surface area (Å²) in [4.78, 5) is 8.22. The van der Waals surface area contributed by atoms with Crippen molar-refractivity contribution in [1.82, 2.24) is 25.4 Å². The molecule has 1 aromatic carbocycles. The Morgan fingerprint density at radius 1 is 1.24 bits per heavy atom. The fraction of sp³-hybridized carbons (Fsp3) is 0.438. The van der Waals surface area contributed by atoms with E-state index in [4.69, 9.17) is 0 Å². The molecule has 2 aromatic rings. The van der Waals surface area contributed by atoms with Crippen LogP contribution >= 0.6 is 0 Å². The molecule has 0 spiro atoms. The molecule has 25 heavy (non-hydrogen) atoms. The van der Waals surface area contributed by atoms with Gasteiger partial charge in [-0.2, -0.15) is 5.10 Å². The zero-order valence-electron chi connectivity index (χ0n) is 14.5. The summed E-state index contributed by atoms with van der Waals surface area (Å²) in [6.45, 7) is 1.01. The number of guanidine groups is 1. The van der Waals surface area contributed by atoms with Crippen LogP contribution in [0.15, 0.2) is 41.7 Å². The normalized spacial score (nSPS) is 12.2. The molecule has 0 aliphatic carbocycles. The van der Waals surface area contributed by atoms with Crippen LogP contribution in [-0.4, -0.2) is 48.5 Å². The third kappa shape index (κ3) is 6.54. The first-order valence-electron chi connectivity index (χ1n) is 8.02. The number of nitrogens with one attached hydrogen (secondary N) is 2. The van der Waals surface area contributed by atoms with Crippen molar-refractivity contribution in [2.24, 2.45) is 12.0 Å². The van der Waals surface area contributed by atoms with Crippen molar-refractivity contribution in [2.75, 3.05) is 19.3 Å². The summed E-state index contributed by atoms with van der Waals surface area (Å²) < 4.78 is 26.0. The number of aryl methyl sites for hydroxylation is 1. The minimum absolute atomic E-state index is 0.0764. The third-order valence-electron chi connectivity index (χ3n) is 3.60. The van der Waals surface area contributed by atoms with Gasteiger partial charge in [0, 0.05) is 20.6 Å². The largest absolute Gasteiger partial charge is 0.356 e. The lowest BCUT2D eigenvalue weighted by atomic mass is 10.2. The number of hydrogen-bond donors (Lipinski definition) is 2. The van der Waals surface area contributed by atoms with E-state index in [0.717, 1.165) is 11.4 Å². The Bertz CT molecular complexity index is 786. The summed E-state index contributed by atoms with van der Waals surface area (Å²) in [5.41, 5.74) is 0.816. The highest BCUT2D eigenvalue weighted by atomic mass is 32.2. The standard InChI is InChI=1S/C16H24N6O2S/c1-17-16(19-11-15-20-13-21-22(15)2)18-9-6-10-25(23,24)12-14-7-4-3-5-8-14/h3-5,7-8,13H,6,9-12H2,1-2H3,(H2,17,18,19). The minimum atomic E-state index is -3.11. The predicted molar refractivity (Wildman–Crippen MR) is 97.8 cm³/mol. The molecule has 136 valence electrons. The Morgan fingerprint density at radius 3 is 2.64 bits per heavy atom. The van der Waals surface area contributed by atoms with Gasteiger partial charge in [0.25, 0.3) is 0 Å². The highest BCUT2D eigenvalue weighted by Gasteiger charge is 2.11. The highest BCUT2D eigenvalue weighted by Crippen LogP contribution is 2.06. The minimum Gasteiger partial charge on any atom is -0.356 e. The van der Waals surface area contributed by atoms with Gasteiger partial charge < -0.3 is 10.6 Å². The van der Waals surface area contributed by atoms with Gasteiger partial charge in [0.05, 0.1) is 18.1 Å². The maximum Gasteiger partial charge on any atom is 0.191 e. The third-order valence-corrected chi connectivity index (χ3v) is 5.28. The number of rotatable bonds is 8. The van der Waals surface area contributed by atoms with Crippen molar-refractivity contribution in [2.45, 2.75) is 18.7 Å². The van der Waals surface area contributed by atoms with Gasteiger partial charge in [-0.25, -0.2) is 13.4 Å². The van der Waals surface area contributed by atoms with E-state index in [1.54, 1.807) is 11.7 Å². The molecule has 0 atom stereocenters. The molecular weight excluding hydrogens is 340 g/mol. The number of nitrogens with zero attached hydrogens (tertiary/aromatic N) is 4. The van der Waals surface area contributed by atoms with E-state index < -0.39 is 9.84 Å². The average Bonchev–Trinajstić information content (AvgIpc) is 3.00. The Kier molecular flexibility index (Phi) is 6.93. The SMILES string of the molecule is CN=C(NCCCS(=O)(=O)Cc1ccccc1)NCc1ncnn1C. The quantitative estimate of drug-likeness (QED) is 0.401. The molecule has 0 saturated heterocycles. The predicted octanol–water partition coefficient (Wildman–Crippen LogP) is 0.485. The molecule has 2 N–H and O–H groups in total. The Morgan fingerprint density at radius 2 is 2.00 bits per heavy atom. The van der Waals surface area contributed by atoms with Crippen LogP contribution in [-0.2, 0) is 29.2 Å². The van der Waals surface area contributed by atoms with Crippen molar-refractivity contribution in [3.8, 4) is 0 Å². The Labute approximate surface area is 148 Å². The van der Waals surface area contributed by atoms with E-state index in [9.17, 15) is 8.42 Å². The molecule has 0 saturated carbocycles. The number of aliphatic imine (C=N–C) groups is 1. The second-order valence-corrected chi connectivity index (χ2v) is 7.77. The van der Waals surface area contributed by atoms with E-state index in [2.05, 4.69) is 25.7 Å². The summed E-state index contributed by atoms with van der Waals surface area (Å²) in [6, 6.07) is 9.22. The Hall–Kier alpha value is -2.42. The zero-order valence-corrected chi connectivity index (χ0v) is 15.3. The van der Waals surface area contributed by atoms with Gasteiger partial charge in [-0.15, -0.1) is 0 Å². The van der Waals surface area contributed by atoms with Crippen LogP contribution < -0.4 is 10.6 Å². The van der Waals surface area contributed by atoms with Gasteiger partial charge in [0.15, 0.2) is 15.8 Å². The molecule has 1 aromatic heterocycles. The molecule has 0 bridgehead atoms. The maximum atomic E-state index is 12.1. The lowest BCUT2D eigenvalue weighted by Gasteiger charge is -2.11. The molecular formula is C16H24N6O2S. The lowest BCUT2D eigenvalue weighted by molar-refractivity contribution is 0.591. The van der Waals surface area contributed by atoms with E-state index in [1.165, 1.54) is 6.33 Å². The van der Waals surface area contributed by atoms with Crippen molar-refractivity contribution in [3.05, 3.63) is 48.0 Å². The van der Waals surface area contributed by atoms with Gasteiger partial charge in [-0.05, 0) is 12.0 Å². The van der Waals surface area contributed by atoms with Gasteiger partial charge in [-0.1, -0.05) is 30.3 Å². The summed E-state index contributed by atoms with van der Waals surface area (Å²) >= 11 is 0. The number of hydrogen-bond acceptors (Lipinski definition) is 5. The molecule has 8 nitrogen and oxygen atoms in total. The molecule has 0 radical (unpaired) electrons. The maximum absolute atomic E-state index is 12.1. The number of sulfone groups is 1. The summed E-state index contributed by atoms with van der Waals surface area (Å²) in [6.07, 6.45) is 2.00. The number of benzene rings is 1. The molecule has 0 amide bonds. The van der Waals surface area contributed by atoms with Gasteiger partial charge in [0.2, 0.25) is 0 Å². The van der Waals surface area contributed by atoms with Crippen molar-refractivity contribution in [1.29, 1.82) is 0 Å². The smallest absolute Gasteiger partial charge is 0.191 e. The molecule has 2 rings (SSSR count). The lowest BCUT2D eigenvalue weighted by Crippen LogP contribution is -2.38. The van der Waals surface area contributed by atoms with Gasteiger partial charge in [-0.3, -0.25) is 9.67 Å². The van der Waals surface area contributed by atoms with Gasteiger partial charge in [0.1, 0.15) is 12.2 Å². The first-order valence-corrected chi connectivity index (χ1v) is 9.84. The van der Waals surface area contributed by atoms with Crippen LogP contribution in [0, 0.1) is 0 Å². The summed E-state index contributed by atoms with van der Waals surface area (Å²) in [5, 5.41) is 10.2. The van der Waals surface area contributed by atoms with E-state index in [0.29, 0.717) is 25.5 Å². The summed E-state index contributed by atoms with van der Waals surface area (Å²) in [5.74, 6) is 1.60. The highest BCUT2D eigenvalue weighted by molar-refractivity contribution is 7.90. The fourth-order valence-electron chi connectivity index (χ4n) is 2.26. The van der Waals surface area contributed by atoms with Crippen LogP contribution in [0.5, 0.6) is 0 Å². The second-order valence-electron chi connectivity index (χ2n) is 5.58. The Balaban J connectivity index is 1.71. The fourth-order valence-corrected chi connectivity index (χ4v) is 3.69. The van der Waals surface area contributed by atoms with Crippen LogP contribution in [0.2, 0.25) is 0 Å². The first kappa shape index (κ1) is 18.9. The average molecular weight is 364 g/mol. The summed E-state index contributed by atoms with van der Waals surface area (Å²) in [7, 11) is 0.368. The number of aromatic nitrogens is 3. The topological polar surface area (TPSA) is 101 Å². The first-order chi connectivity index (χ1) is 12.0. The van der Waals surface area contributed by atoms with Gasteiger partial charge >= 0.3 is 0 Å². The van der Waals surface area contributed by atoms with Crippen molar-refractivity contribution < 1.29 is 8.42 Å². The molecule has 0 fully saturated rings. The van der Waals surface area contributed by atoms with E-state index in [-0.39, 0.29) is 11.5 Å². The van der Waals surface area contributed by atoms with Crippen molar-refractivity contribution in [3.63, 3.8) is 0 Å². The zero-order chi connectivity index (χ0) is 18.1. The van der Waals surface area contributed by atoms with Crippen LogP contribution in [0.25, 0.3) is 0 Å². The van der Waals surface area contributed by atoms with Crippen LogP contribution in [0.4, 0.5) is 0 Å². The molecule has 9 heteroatoms. The van der Waals surface area contributed by atoms with Crippen molar-refractivity contribution >= 4 is 15.8 Å².